The summed E-state index contributed by atoms with van der Waals surface area (Å²) in [6.07, 6.45) is 0. The number of amides is 1. The van der Waals surface area contributed by atoms with Gasteiger partial charge in [-0.3, -0.25) is 4.79 Å². The lowest BCUT2D eigenvalue weighted by Gasteiger charge is -2.18. The van der Waals surface area contributed by atoms with Crippen molar-refractivity contribution in [1.82, 2.24) is 0 Å². The molecule has 0 unspecified atom stereocenters. The first-order chi connectivity index (χ1) is 15.6. The Balaban J connectivity index is 1.75. The highest BCUT2D eigenvalue weighted by Gasteiger charge is 2.19. The lowest BCUT2D eigenvalue weighted by molar-refractivity contribution is 0.0698. The summed E-state index contributed by atoms with van der Waals surface area (Å²) in [6, 6.07) is 30.8. The van der Waals surface area contributed by atoms with Crippen molar-refractivity contribution in [2.75, 3.05) is 16.0 Å². The van der Waals surface area contributed by atoms with Crippen LogP contribution in [0.5, 0.6) is 0 Å². The minimum Gasteiger partial charge on any atom is -0.478 e. The highest BCUT2D eigenvalue weighted by molar-refractivity contribution is 6.14. The van der Waals surface area contributed by atoms with E-state index >= 15 is 0 Å². The summed E-state index contributed by atoms with van der Waals surface area (Å²) in [7, 11) is 0. The summed E-state index contributed by atoms with van der Waals surface area (Å²) < 4.78 is 0. The lowest BCUT2D eigenvalue weighted by Crippen LogP contribution is -2.18. The molecule has 0 atom stereocenters. The van der Waals surface area contributed by atoms with Crippen molar-refractivity contribution < 1.29 is 14.7 Å². The van der Waals surface area contributed by atoms with E-state index in [9.17, 15) is 14.7 Å². The first kappa shape index (κ1) is 20.7. The van der Waals surface area contributed by atoms with Crippen LogP contribution in [0.2, 0.25) is 0 Å². The Labute approximate surface area is 185 Å². The number of aromatic carboxylic acids is 1. The fraction of sp³-hybridized carbons (Fsp3) is 0. The van der Waals surface area contributed by atoms with E-state index in [1.165, 1.54) is 6.07 Å². The van der Waals surface area contributed by atoms with Crippen LogP contribution in [0.1, 0.15) is 20.7 Å². The maximum atomic E-state index is 13.4. The van der Waals surface area contributed by atoms with Gasteiger partial charge in [-0.15, -0.1) is 0 Å². The van der Waals surface area contributed by atoms with E-state index in [1.807, 2.05) is 66.7 Å². The van der Waals surface area contributed by atoms with E-state index in [1.54, 1.807) is 30.3 Å². The van der Waals surface area contributed by atoms with E-state index in [0.717, 1.165) is 11.4 Å². The van der Waals surface area contributed by atoms with Gasteiger partial charge in [0.15, 0.2) is 0 Å². The zero-order valence-corrected chi connectivity index (χ0v) is 17.1. The number of benzene rings is 4. The molecule has 0 aromatic heterocycles. The maximum absolute atomic E-state index is 13.4. The highest BCUT2D eigenvalue weighted by atomic mass is 16.4. The quantitative estimate of drug-likeness (QED) is 0.287. The molecule has 4 aromatic carbocycles. The number of anilines is 5. The van der Waals surface area contributed by atoms with Gasteiger partial charge in [-0.05, 0) is 48.5 Å². The third-order valence-corrected chi connectivity index (χ3v) is 4.80. The Morgan fingerprint density at radius 3 is 1.56 bits per heavy atom. The molecule has 4 aromatic rings. The Morgan fingerprint density at radius 1 is 0.562 bits per heavy atom. The third-order valence-electron chi connectivity index (χ3n) is 4.80. The van der Waals surface area contributed by atoms with Gasteiger partial charge in [0, 0.05) is 11.4 Å². The second kappa shape index (κ2) is 9.49. The van der Waals surface area contributed by atoms with Gasteiger partial charge in [-0.2, -0.15) is 0 Å². The zero-order chi connectivity index (χ0) is 22.3. The highest BCUT2D eigenvalue weighted by Crippen LogP contribution is 2.31. The van der Waals surface area contributed by atoms with Crippen molar-refractivity contribution >= 4 is 40.3 Å². The summed E-state index contributed by atoms with van der Waals surface area (Å²) in [6.45, 7) is 0. The predicted octanol–water partition coefficient (Wildman–Crippen LogP) is 6.12. The molecule has 6 nitrogen and oxygen atoms in total. The average molecular weight is 423 g/mol. The molecule has 0 saturated heterocycles. The van der Waals surface area contributed by atoms with Crippen LogP contribution < -0.4 is 16.0 Å². The smallest absolute Gasteiger partial charge is 0.337 e. The summed E-state index contributed by atoms with van der Waals surface area (Å²) in [5, 5.41) is 18.8. The molecule has 0 aliphatic heterocycles. The van der Waals surface area contributed by atoms with Gasteiger partial charge < -0.3 is 21.1 Å². The number of para-hydroxylation sites is 3. The summed E-state index contributed by atoms with van der Waals surface area (Å²) in [4.78, 5) is 25.0. The van der Waals surface area contributed by atoms with Crippen LogP contribution in [-0.2, 0) is 0 Å². The summed E-state index contributed by atoms with van der Waals surface area (Å²) >= 11 is 0. The number of carboxylic acids is 1. The van der Waals surface area contributed by atoms with Crippen LogP contribution in [0.15, 0.2) is 103 Å². The van der Waals surface area contributed by atoms with Gasteiger partial charge in [-0.25, -0.2) is 4.79 Å². The van der Waals surface area contributed by atoms with Crippen molar-refractivity contribution in [3.8, 4) is 0 Å². The molecule has 0 bridgehead atoms. The molecule has 4 N–H and O–H groups in total. The molecule has 0 radical (unpaired) electrons. The van der Waals surface area contributed by atoms with Crippen molar-refractivity contribution in [2.24, 2.45) is 0 Å². The van der Waals surface area contributed by atoms with Gasteiger partial charge in [0.1, 0.15) is 0 Å². The van der Waals surface area contributed by atoms with Crippen molar-refractivity contribution in [1.29, 1.82) is 0 Å². The van der Waals surface area contributed by atoms with E-state index in [2.05, 4.69) is 16.0 Å². The second-order valence-electron chi connectivity index (χ2n) is 7.02. The van der Waals surface area contributed by atoms with Gasteiger partial charge in [0.25, 0.3) is 5.91 Å². The van der Waals surface area contributed by atoms with Gasteiger partial charge in [-0.1, -0.05) is 54.6 Å². The first-order valence-corrected chi connectivity index (χ1v) is 10.0. The molecule has 0 saturated carbocycles. The van der Waals surface area contributed by atoms with Crippen molar-refractivity contribution in [2.45, 2.75) is 0 Å². The van der Waals surface area contributed by atoms with E-state index in [0.29, 0.717) is 16.9 Å². The van der Waals surface area contributed by atoms with E-state index in [-0.39, 0.29) is 11.3 Å². The fourth-order valence-corrected chi connectivity index (χ4v) is 3.32. The topological polar surface area (TPSA) is 90.5 Å². The molecule has 1 amide bonds. The molecule has 0 fully saturated rings. The fourth-order valence-electron chi connectivity index (χ4n) is 3.32. The number of hydrogen-bond donors (Lipinski definition) is 4. The van der Waals surface area contributed by atoms with Crippen LogP contribution in [0.25, 0.3) is 0 Å². The van der Waals surface area contributed by atoms with E-state index < -0.39 is 11.9 Å². The monoisotopic (exact) mass is 423 g/mol. The Kier molecular flexibility index (Phi) is 6.13. The third kappa shape index (κ3) is 4.76. The van der Waals surface area contributed by atoms with Gasteiger partial charge >= 0.3 is 5.97 Å². The zero-order valence-electron chi connectivity index (χ0n) is 17.1. The molecule has 6 heteroatoms. The molecule has 0 aliphatic carbocycles. The van der Waals surface area contributed by atoms with Crippen LogP contribution in [0, 0.1) is 0 Å². The SMILES string of the molecule is O=C(O)c1ccccc1NC(=O)c1c(Nc2ccccc2)cccc1Nc1ccccc1. The van der Waals surface area contributed by atoms with Crippen molar-refractivity contribution in [3.05, 3.63) is 114 Å². The number of rotatable bonds is 7. The molecule has 0 heterocycles. The first-order valence-electron chi connectivity index (χ1n) is 10.0. The van der Waals surface area contributed by atoms with Gasteiger partial charge in [0.05, 0.1) is 28.2 Å². The molecular weight excluding hydrogens is 402 g/mol. The molecule has 0 spiro atoms. The molecular formula is C26H21N3O3. The Hall–Kier alpha value is -4.58. The number of carbonyl (C=O) groups is 2. The average Bonchev–Trinajstić information content (AvgIpc) is 2.81. The maximum Gasteiger partial charge on any atom is 0.337 e. The number of carbonyl (C=O) groups excluding carboxylic acids is 1. The molecule has 4 rings (SSSR count). The number of carboxylic acid groups (broad SMARTS) is 1. The molecule has 158 valence electrons. The van der Waals surface area contributed by atoms with Crippen LogP contribution >= 0.6 is 0 Å². The van der Waals surface area contributed by atoms with Crippen LogP contribution in [0.4, 0.5) is 28.4 Å². The predicted molar refractivity (Wildman–Crippen MR) is 127 cm³/mol. The number of hydrogen-bond acceptors (Lipinski definition) is 4. The standard InChI is InChI=1S/C26H21N3O3/c30-25(29-21-15-8-7-14-20(21)26(31)32)24-22(27-18-10-3-1-4-11-18)16-9-17-23(24)28-19-12-5-2-6-13-19/h1-17,27-28H,(H,29,30)(H,31,32). The Morgan fingerprint density at radius 2 is 1.03 bits per heavy atom. The largest absolute Gasteiger partial charge is 0.478 e. The minimum absolute atomic E-state index is 0.0203. The number of nitrogens with one attached hydrogen (secondary N) is 3. The lowest BCUT2D eigenvalue weighted by atomic mass is 10.1. The summed E-state index contributed by atoms with van der Waals surface area (Å²) in [5.41, 5.74) is 3.43. The van der Waals surface area contributed by atoms with Gasteiger partial charge in [0.2, 0.25) is 0 Å². The minimum atomic E-state index is -1.11. The van der Waals surface area contributed by atoms with Crippen molar-refractivity contribution in [3.63, 3.8) is 0 Å². The second-order valence-corrected chi connectivity index (χ2v) is 7.02. The molecule has 0 aliphatic rings. The van der Waals surface area contributed by atoms with Crippen LogP contribution in [0.3, 0.4) is 0 Å². The van der Waals surface area contributed by atoms with Crippen LogP contribution in [-0.4, -0.2) is 17.0 Å². The van der Waals surface area contributed by atoms with E-state index in [4.69, 9.17) is 0 Å². The Bertz CT molecular complexity index is 1180. The summed E-state index contributed by atoms with van der Waals surface area (Å²) in [5.74, 6) is -1.55. The molecule has 32 heavy (non-hydrogen) atoms. The normalized spacial score (nSPS) is 10.2.